The second kappa shape index (κ2) is 6.45. The van der Waals surface area contributed by atoms with Gasteiger partial charge in [0.15, 0.2) is 0 Å². The lowest BCUT2D eigenvalue weighted by molar-refractivity contribution is 0.273. The minimum absolute atomic E-state index is 0.587. The van der Waals surface area contributed by atoms with Crippen molar-refractivity contribution in [3.8, 4) is 5.75 Å². The van der Waals surface area contributed by atoms with E-state index in [0.29, 0.717) is 6.54 Å². The Morgan fingerprint density at radius 3 is 3.00 bits per heavy atom. The fourth-order valence-corrected chi connectivity index (χ4v) is 3.44. The molecular weight excluding hydrogens is 244 g/mol. The van der Waals surface area contributed by atoms with Crippen LogP contribution in [0.5, 0.6) is 5.75 Å². The van der Waals surface area contributed by atoms with E-state index < -0.39 is 0 Å². The van der Waals surface area contributed by atoms with Crippen molar-refractivity contribution in [3.63, 3.8) is 0 Å². The minimum Gasteiger partial charge on any atom is -0.496 e. The largest absolute Gasteiger partial charge is 0.496 e. The average molecular weight is 266 g/mol. The molecule has 0 amide bonds. The molecular formula is C14H22N2OS. The van der Waals surface area contributed by atoms with E-state index in [0.717, 1.165) is 30.6 Å². The van der Waals surface area contributed by atoms with Crippen LogP contribution in [0.3, 0.4) is 0 Å². The highest BCUT2D eigenvalue weighted by Crippen LogP contribution is 2.24. The first-order chi connectivity index (χ1) is 8.72. The van der Waals surface area contributed by atoms with Crippen molar-refractivity contribution >= 4 is 11.8 Å². The number of hydrogen-bond acceptors (Lipinski definition) is 4. The minimum atomic E-state index is 0.587. The van der Waals surface area contributed by atoms with Gasteiger partial charge in [-0.1, -0.05) is 13.0 Å². The molecule has 0 bridgehead atoms. The van der Waals surface area contributed by atoms with E-state index in [9.17, 15) is 0 Å². The number of methoxy groups -OCH3 is 1. The molecule has 1 heterocycles. The first-order valence-corrected chi connectivity index (χ1v) is 7.47. The Bertz CT molecular complexity index is 397. The number of ether oxygens (including phenoxy) is 1. The van der Waals surface area contributed by atoms with Crippen LogP contribution in [-0.4, -0.2) is 36.1 Å². The molecule has 1 fully saturated rings. The molecule has 1 unspecified atom stereocenters. The fraction of sp³-hybridized carbons (Fsp3) is 0.571. The van der Waals surface area contributed by atoms with Crippen LogP contribution in [0.2, 0.25) is 0 Å². The number of hydrogen-bond donors (Lipinski definition) is 1. The van der Waals surface area contributed by atoms with Crippen LogP contribution in [0.25, 0.3) is 0 Å². The van der Waals surface area contributed by atoms with Crippen LogP contribution in [0, 0.1) is 0 Å². The molecule has 18 heavy (non-hydrogen) atoms. The van der Waals surface area contributed by atoms with E-state index in [2.05, 4.69) is 29.7 Å². The van der Waals surface area contributed by atoms with Crippen LogP contribution in [-0.2, 0) is 13.1 Å². The highest BCUT2D eigenvalue weighted by Gasteiger charge is 2.18. The summed E-state index contributed by atoms with van der Waals surface area (Å²) in [6, 6.07) is 6.24. The number of thioether (sulfide) groups is 1. The van der Waals surface area contributed by atoms with Crippen molar-refractivity contribution < 1.29 is 4.74 Å². The zero-order valence-corrected chi connectivity index (χ0v) is 12.0. The lowest BCUT2D eigenvalue weighted by Crippen LogP contribution is -2.36. The predicted molar refractivity (Wildman–Crippen MR) is 78.1 cm³/mol. The van der Waals surface area contributed by atoms with Crippen LogP contribution >= 0.6 is 11.8 Å². The van der Waals surface area contributed by atoms with Gasteiger partial charge in [0.2, 0.25) is 0 Å². The molecule has 2 rings (SSSR count). The Morgan fingerprint density at radius 2 is 2.33 bits per heavy atom. The van der Waals surface area contributed by atoms with Gasteiger partial charge in [-0.15, -0.1) is 0 Å². The monoisotopic (exact) mass is 266 g/mol. The molecule has 1 saturated heterocycles. The molecule has 0 radical (unpaired) electrons. The van der Waals surface area contributed by atoms with Crippen LogP contribution in [0.4, 0.5) is 0 Å². The summed E-state index contributed by atoms with van der Waals surface area (Å²) >= 11 is 2.06. The predicted octanol–water partition coefficient (Wildman–Crippen LogP) is 2.09. The van der Waals surface area contributed by atoms with E-state index in [4.69, 9.17) is 10.5 Å². The summed E-state index contributed by atoms with van der Waals surface area (Å²) in [5.74, 6) is 2.19. The van der Waals surface area contributed by atoms with Gasteiger partial charge >= 0.3 is 0 Å². The van der Waals surface area contributed by atoms with Gasteiger partial charge in [0.1, 0.15) is 5.75 Å². The summed E-state index contributed by atoms with van der Waals surface area (Å²) in [6.45, 7) is 6.15. The molecule has 3 nitrogen and oxygen atoms in total. The lowest BCUT2D eigenvalue weighted by Gasteiger charge is -2.30. The zero-order chi connectivity index (χ0) is 13.0. The van der Waals surface area contributed by atoms with Crippen molar-refractivity contribution in [2.24, 2.45) is 5.73 Å². The smallest absolute Gasteiger partial charge is 0.123 e. The fourth-order valence-electron chi connectivity index (χ4n) is 2.36. The molecule has 1 aromatic carbocycles. The molecule has 0 saturated carbocycles. The lowest BCUT2D eigenvalue weighted by atomic mass is 10.1. The van der Waals surface area contributed by atoms with E-state index in [1.54, 1.807) is 7.11 Å². The molecule has 0 aromatic heterocycles. The Labute approximate surface area is 114 Å². The van der Waals surface area contributed by atoms with Crippen molar-refractivity contribution in [2.45, 2.75) is 25.3 Å². The van der Waals surface area contributed by atoms with Gasteiger partial charge in [0.25, 0.3) is 0 Å². The second-order valence-corrected chi connectivity index (χ2v) is 6.31. The average Bonchev–Trinajstić information content (AvgIpc) is 2.38. The standard InChI is InChI=1S/C14H22N2OS/c1-11-9-16(5-6-18-11)10-13-7-12(8-15)3-4-14(13)17-2/h3-4,7,11H,5-6,8-10,15H2,1-2H3. The molecule has 1 aromatic rings. The van der Waals surface area contributed by atoms with Gasteiger partial charge in [-0.2, -0.15) is 11.8 Å². The SMILES string of the molecule is COc1ccc(CN)cc1CN1CCSC(C)C1. The van der Waals surface area contributed by atoms with Gasteiger partial charge in [-0.25, -0.2) is 0 Å². The quantitative estimate of drug-likeness (QED) is 0.905. The summed E-state index contributed by atoms with van der Waals surface area (Å²) < 4.78 is 5.44. The summed E-state index contributed by atoms with van der Waals surface area (Å²) in [5, 5.41) is 0.724. The first-order valence-electron chi connectivity index (χ1n) is 6.42. The van der Waals surface area contributed by atoms with Crippen LogP contribution < -0.4 is 10.5 Å². The normalized spacial score (nSPS) is 20.9. The van der Waals surface area contributed by atoms with E-state index in [1.165, 1.54) is 16.9 Å². The van der Waals surface area contributed by atoms with Gasteiger partial charge in [-0.05, 0) is 17.7 Å². The Kier molecular flexibility index (Phi) is 4.92. The highest BCUT2D eigenvalue weighted by atomic mass is 32.2. The third-order valence-electron chi connectivity index (χ3n) is 3.30. The summed E-state index contributed by atoms with van der Waals surface area (Å²) in [5.41, 5.74) is 8.13. The number of nitrogens with two attached hydrogens (primary N) is 1. The molecule has 0 spiro atoms. The zero-order valence-electron chi connectivity index (χ0n) is 11.2. The van der Waals surface area contributed by atoms with Gasteiger partial charge in [-0.3, -0.25) is 4.90 Å². The maximum absolute atomic E-state index is 5.71. The maximum Gasteiger partial charge on any atom is 0.123 e. The van der Waals surface area contributed by atoms with Crippen molar-refractivity contribution in [1.82, 2.24) is 4.90 Å². The summed E-state index contributed by atoms with van der Waals surface area (Å²) in [4.78, 5) is 2.50. The summed E-state index contributed by atoms with van der Waals surface area (Å²) in [7, 11) is 1.73. The van der Waals surface area contributed by atoms with Crippen molar-refractivity contribution in [2.75, 3.05) is 26.0 Å². The molecule has 2 N–H and O–H groups in total. The van der Waals surface area contributed by atoms with E-state index in [1.807, 2.05) is 12.1 Å². The molecule has 4 heteroatoms. The number of benzene rings is 1. The molecule has 1 aliphatic heterocycles. The third-order valence-corrected chi connectivity index (χ3v) is 4.44. The van der Waals surface area contributed by atoms with Gasteiger partial charge in [0, 0.05) is 42.7 Å². The topological polar surface area (TPSA) is 38.5 Å². The molecule has 0 aliphatic carbocycles. The number of rotatable bonds is 4. The third kappa shape index (κ3) is 3.40. The van der Waals surface area contributed by atoms with E-state index >= 15 is 0 Å². The maximum atomic E-state index is 5.71. The molecule has 1 atom stereocenters. The molecule has 1 aliphatic rings. The summed E-state index contributed by atoms with van der Waals surface area (Å²) in [6.07, 6.45) is 0. The van der Waals surface area contributed by atoms with Crippen molar-refractivity contribution in [3.05, 3.63) is 29.3 Å². The van der Waals surface area contributed by atoms with Gasteiger partial charge < -0.3 is 10.5 Å². The second-order valence-electron chi connectivity index (χ2n) is 4.77. The van der Waals surface area contributed by atoms with Gasteiger partial charge in [0.05, 0.1) is 7.11 Å². The Balaban J connectivity index is 2.11. The Morgan fingerprint density at radius 1 is 1.50 bits per heavy atom. The first kappa shape index (κ1) is 13.7. The van der Waals surface area contributed by atoms with Crippen molar-refractivity contribution in [1.29, 1.82) is 0 Å². The number of nitrogens with zero attached hydrogens (tertiary/aromatic N) is 1. The molecule has 100 valence electrons. The van der Waals surface area contributed by atoms with E-state index in [-0.39, 0.29) is 0 Å². The van der Waals surface area contributed by atoms with Crippen LogP contribution in [0.1, 0.15) is 18.1 Å². The van der Waals surface area contributed by atoms with Crippen LogP contribution in [0.15, 0.2) is 18.2 Å². The highest BCUT2D eigenvalue weighted by molar-refractivity contribution is 7.99. The Hall–Kier alpha value is -0.710.